The Morgan fingerprint density at radius 3 is 2.71 bits per heavy atom. The number of aromatic nitrogens is 3. The van der Waals surface area contributed by atoms with Crippen LogP contribution in [0.1, 0.15) is 17.0 Å². The van der Waals surface area contributed by atoms with Crippen molar-refractivity contribution in [3.63, 3.8) is 0 Å². The summed E-state index contributed by atoms with van der Waals surface area (Å²) in [5.74, 6) is 0.256. The summed E-state index contributed by atoms with van der Waals surface area (Å²) in [6.07, 6.45) is 1.77. The number of fused-ring (bicyclic) bond motifs is 1. The molecule has 7 heteroatoms. The minimum atomic E-state index is 0.256. The second-order valence-corrected chi connectivity index (χ2v) is 7.27. The molecule has 28 heavy (non-hydrogen) atoms. The largest absolute Gasteiger partial charge is 0.508 e. The summed E-state index contributed by atoms with van der Waals surface area (Å²) in [5.41, 5.74) is 5.28. The van der Waals surface area contributed by atoms with Gasteiger partial charge in [-0.3, -0.25) is 9.88 Å². The molecule has 2 aromatic carbocycles. The predicted molar refractivity (Wildman–Crippen MR) is 108 cm³/mol. The van der Waals surface area contributed by atoms with Gasteiger partial charge in [0.2, 0.25) is 0 Å². The maximum Gasteiger partial charge on any atom is 0.122 e. The Bertz CT molecular complexity index is 1140. The van der Waals surface area contributed by atoms with E-state index in [9.17, 15) is 5.11 Å². The van der Waals surface area contributed by atoms with Crippen LogP contribution in [-0.4, -0.2) is 32.4 Å². The standard InChI is InChI=1S/C21H19ClN4O2/c1-13-20(25-28-24-13)12-26(2)11-15-9-14(3-6-21(15)27)17-7-8-23-19-10-16(22)4-5-18(17)19/h3-10,27H,11-12H2,1-2H3. The van der Waals surface area contributed by atoms with Crippen molar-refractivity contribution in [2.24, 2.45) is 0 Å². The van der Waals surface area contributed by atoms with Crippen molar-refractivity contribution in [1.82, 2.24) is 20.2 Å². The Morgan fingerprint density at radius 2 is 1.93 bits per heavy atom. The number of benzene rings is 2. The lowest BCUT2D eigenvalue weighted by molar-refractivity contribution is 0.277. The van der Waals surface area contributed by atoms with E-state index in [1.54, 1.807) is 12.3 Å². The van der Waals surface area contributed by atoms with Gasteiger partial charge in [0, 0.05) is 35.3 Å². The number of phenolic OH excluding ortho intramolecular Hbond substituents is 1. The van der Waals surface area contributed by atoms with E-state index in [2.05, 4.69) is 20.2 Å². The molecule has 2 heterocycles. The topological polar surface area (TPSA) is 75.3 Å². The van der Waals surface area contributed by atoms with Gasteiger partial charge in [-0.1, -0.05) is 34.0 Å². The number of halogens is 1. The molecule has 2 aromatic heterocycles. The first-order chi connectivity index (χ1) is 13.5. The van der Waals surface area contributed by atoms with Crippen LogP contribution in [0.2, 0.25) is 5.02 Å². The molecule has 0 amide bonds. The molecule has 0 radical (unpaired) electrons. The van der Waals surface area contributed by atoms with Gasteiger partial charge >= 0.3 is 0 Å². The lowest BCUT2D eigenvalue weighted by Crippen LogP contribution is -2.18. The molecule has 0 atom stereocenters. The highest BCUT2D eigenvalue weighted by molar-refractivity contribution is 6.31. The zero-order valence-corrected chi connectivity index (χ0v) is 16.3. The third-order valence-corrected chi connectivity index (χ3v) is 4.94. The second kappa shape index (κ2) is 7.58. The Kier molecular flexibility index (Phi) is 4.98. The molecule has 0 aliphatic heterocycles. The van der Waals surface area contributed by atoms with Gasteiger partial charge in [0.05, 0.1) is 5.52 Å². The molecule has 142 valence electrons. The number of nitrogens with zero attached hydrogens (tertiary/aromatic N) is 4. The molecular formula is C21H19ClN4O2. The molecule has 1 N–H and O–H groups in total. The van der Waals surface area contributed by atoms with Crippen LogP contribution >= 0.6 is 11.6 Å². The number of pyridine rings is 1. The van der Waals surface area contributed by atoms with E-state index >= 15 is 0 Å². The third-order valence-electron chi connectivity index (χ3n) is 4.70. The van der Waals surface area contributed by atoms with E-state index in [0.29, 0.717) is 18.1 Å². The first kappa shape index (κ1) is 18.4. The molecular weight excluding hydrogens is 376 g/mol. The molecule has 4 rings (SSSR count). The highest BCUT2D eigenvalue weighted by Gasteiger charge is 2.13. The lowest BCUT2D eigenvalue weighted by Gasteiger charge is -2.17. The van der Waals surface area contributed by atoms with Crippen LogP contribution in [0.5, 0.6) is 5.75 Å². The van der Waals surface area contributed by atoms with Crippen molar-refractivity contribution in [1.29, 1.82) is 0 Å². The summed E-state index contributed by atoms with van der Waals surface area (Å²) >= 11 is 6.09. The summed E-state index contributed by atoms with van der Waals surface area (Å²) in [6, 6.07) is 13.3. The molecule has 0 bridgehead atoms. The molecule has 0 aliphatic carbocycles. The van der Waals surface area contributed by atoms with Crippen LogP contribution in [0.3, 0.4) is 0 Å². The highest BCUT2D eigenvalue weighted by atomic mass is 35.5. The Hall–Kier alpha value is -2.96. The van der Waals surface area contributed by atoms with Crippen LogP contribution in [0, 0.1) is 6.92 Å². The van der Waals surface area contributed by atoms with Gasteiger partial charge < -0.3 is 5.11 Å². The Morgan fingerprint density at radius 1 is 1.07 bits per heavy atom. The summed E-state index contributed by atoms with van der Waals surface area (Å²) in [4.78, 5) is 6.45. The lowest BCUT2D eigenvalue weighted by atomic mass is 9.99. The summed E-state index contributed by atoms with van der Waals surface area (Å²) in [7, 11) is 1.96. The SMILES string of the molecule is Cc1nonc1CN(C)Cc1cc(-c2ccnc3cc(Cl)ccc23)ccc1O. The van der Waals surface area contributed by atoms with E-state index in [1.807, 2.05) is 50.4 Å². The molecule has 4 aromatic rings. The van der Waals surface area contributed by atoms with Crippen molar-refractivity contribution < 1.29 is 9.74 Å². The maximum absolute atomic E-state index is 10.4. The number of aromatic hydroxyl groups is 1. The fourth-order valence-corrected chi connectivity index (χ4v) is 3.41. The fraction of sp³-hybridized carbons (Fsp3) is 0.190. The van der Waals surface area contributed by atoms with E-state index in [0.717, 1.165) is 39.0 Å². The van der Waals surface area contributed by atoms with E-state index in [4.69, 9.17) is 16.2 Å². The normalized spacial score (nSPS) is 11.4. The van der Waals surface area contributed by atoms with Crippen molar-refractivity contribution in [2.75, 3.05) is 7.05 Å². The van der Waals surface area contributed by atoms with Gasteiger partial charge in [-0.15, -0.1) is 0 Å². The second-order valence-electron chi connectivity index (χ2n) is 6.83. The van der Waals surface area contributed by atoms with E-state index in [-0.39, 0.29) is 5.75 Å². The fourth-order valence-electron chi connectivity index (χ4n) is 3.25. The highest BCUT2D eigenvalue weighted by Crippen LogP contribution is 2.32. The van der Waals surface area contributed by atoms with Gasteiger partial charge in [0.25, 0.3) is 0 Å². The summed E-state index contributed by atoms with van der Waals surface area (Å²) in [6.45, 7) is 3.00. The Labute approximate surface area is 167 Å². The van der Waals surface area contributed by atoms with E-state index < -0.39 is 0 Å². The van der Waals surface area contributed by atoms with Crippen LogP contribution in [0.25, 0.3) is 22.0 Å². The maximum atomic E-state index is 10.4. The molecule has 0 unspecified atom stereocenters. The average Bonchev–Trinajstić information content (AvgIpc) is 3.07. The van der Waals surface area contributed by atoms with Gasteiger partial charge in [0.1, 0.15) is 17.1 Å². The predicted octanol–water partition coefficient (Wildman–Crippen LogP) is 4.58. The van der Waals surface area contributed by atoms with Gasteiger partial charge in [-0.2, -0.15) is 0 Å². The van der Waals surface area contributed by atoms with Gasteiger partial charge in [-0.25, -0.2) is 4.63 Å². The molecule has 0 aliphatic rings. The minimum Gasteiger partial charge on any atom is -0.508 e. The molecule has 0 spiro atoms. The first-order valence-corrected chi connectivity index (χ1v) is 9.22. The zero-order valence-electron chi connectivity index (χ0n) is 15.6. The van der Waals surface area contributed by atoms with Crippen molar-refractivity contribution in [3.05, 3.63) is 70.6 Å². The average molecular weight is 395 g/mol. The third kappa shape index (κ3) is 3.69. The van der Waals surface area contributed by atoms with Crippen LogP contribution in [0.4, 0.5) is 0 Å². The molecule has 6 nitrogen and oxygen atoms in total. The van der Waals surface area contributed by atoms with Crippen LogP contribution in [-0.2, 0) is 13.1 Å². The van der Waals surface area contributed by atoms with Crippen molar-refractivity contribution in [2.45, 2.75) is 20.0 Å². The number of rotatable bonds is 5. The number of hydrogen-bond donors (Lipinski definition) is 1. The molecule has 0 saturated carbocycles. The number of phenols is 1. The van der Waals surface area contributed by atoms with Gasteiger partial charge in [0.15, 0.2) is 0 Å². The summed E-state index contributed by atoms with van der Waals surface area (Å²) < 4.78 is 4.75. The number of aryl methyl sites for hydroxylation is 1. The van der Waals surface area contributed by atoms with Crippen LogP contribution in [0.15, 0.2) is 53.3 Å². The minimum absolute atomic E-state index is 0.256. The first-order valence-electron chi connectivity index (χ1n) is 8.84. The Balaban J connectivity index is 1.65. The smallest absolute Gasteiger partial charge is 0.122 e. The van der Waals surface area contributed by atoms with E-state index in [1.165, 1.54) is 0 Å². The monoisotopic (exact) mass is 394 g/mol. The van der Waals surface area contributed by atoms with Gasteiger partial charge in [-0.05, 0) is 55.4 Å². The van der Waals surface area contributed by atoms with Crippen molar-refractivity contribution >= 4 is 22.5 Å². The van der Waals surface area contributed by atoms with Crippen molar-refractivity contribution in [3.8, 4) is 16.9 Å². The quantitative estimate of drug-likeness (QED) is 0.533. The van der Waals surface area contributed by atoms with Crippen LogP contribution < -0.4 is 0 Å². The molecule has 0 fully saturated rings. The molecule has 0 saturated heterocycles. The number of hydrogen-bond acceptors (Lipinski definition) is 6. The zero-order chi connectivity index (χ0) is 19.7. The summed E-state index contributed by atoms with van der Waals surface area (Å²) in [5, 5.41) is 19.8.